The third-order valence-electron chi connectivity index (χ3n) is 4.66. The molecule has 3 atom stereocenters. The summed E-state index contributed by atoms with van der Waals surface area (Å²) in [6.07, 6.45) is 5.51. The van der Waals surface area contributed by atoms with Gasteiger partial charge in [0.05, 0.1) is 10.8 Å². The average molecular weight is 362 g/mol. The maximum Gasteiger partial charge on any atom is 0.223 e. The fraction of sp³-hybridized carbons (Fsp3) is 0.444. The Hall–Kier alpha value is -2.15. The number of nitrogens with zero attached hydrogens (tertiary/aromatic N) is 2. The Morgan fingerprint density at radius 1 is 1.28 bits per heavy atom. The van der Waals surface area contributed by atoms with Crippen LogP contribution in [-0.2, 0) is 19.5 Å². The first-order valence-electron chi connectivity index (χ1n) is 8.48. The minimum Gasteiger partial charge on any atom is -0.387 e. The van der Waals surface area contributed by atoms with Crippen LogP contribution >= 0.6 is 0 Å². The molecule has 0 saturated carbocycles. The minimum absolute atomic E-state index is 0.0143. The SMILES string of the molecule is CCCC[C@@H]1[C@H]2C(S(=O)(=O)c3ccccc3)=NO[C@@H]2C=CN1C(C)=O. The molecular weight excluding hydrogens is 340 g/mol. The van der Waals surface area contributed by atoms with Gasteiger partial charge in [-0.2, -0.15) is 0 Å². The zero-order valence-corrected chi connectivity index (χ0v) is 15.1. The molecule has 1 amide bonds. The Morgan fingerprint density at radius 2 is 2.00 bits per heavy atom. The van der Waals surface area contributed by atoms with Gasteiger partial charge in [0.25, 0.3) is 0 Å². The van der Waals surface area contributed by atoms with Crippen LogP contribution in [-0.4, -0.2) is 36.4 Å². The van der Waals surface area contributed by atoms with E-state index in [1.165, 1.54) is 6.92 Å². The van der Waals surface area contributed by atoms with Crippen molar-refractivity contribution >= 4 is 20.8 Å². The molecule has 0 spiro atoms. The first-order chi connectivity index (χ1) is 12.0. The molecule has 3 rings (SSSR count). The molecule has 0 aromatic heterocycles. The maximum atomic E-state index is 13.0. The quantitative estimate of drug-likeness (QED) is 0.825. The van der Waals surface area contributed by atoms with Gasteiger partial charge < -0.3 is 9.74 Å². The Bertz CT molecular complexity index is 802. The first-order valence-corrected chi connectivity index (χ1v) is 9.96. The Morgan fingerprint density at radius 3 is 2.64 bits per heavy atom. The van der Waals surface area contributed by atoms with Crippen LogP contribution in [0.15, 0.2) is 52.7 Å². The molecule has 2 heterocycles. The molecule has 0 aliphatic carbocycles. The third-order valence-corrected chi connectivity index (χ3v) is 6.45. The Kier molecular flexibility index (Phi) is 4.94. The lowest BCUT2D eigenvalue weighted by Crippen LogP contribution is -2.50. The number of unbranched alkanes of at least 4 members (excludes halogenated alkanes) is 1. The predicted molar refractivity (Wildman–Crippen MR) is 94.4 cm³/mol. The summed E-state index contributed by atoms with van der Waals surface area (Å²) >= 11 is 0. The molecule has 134 valence electrons. The lowest BCUT2D eigenvalue weighted by atomic mass is 9.87. The maximum absolute atomic E-state index is 13.0. The lowest BCUT2D eigenvalue weighted by Gasteiger charge is -2.37. The molecule has 0 unspecified atom stereocenters. The molecule has 1 aromatic rings. The number of sulfone groups is 1. The summed E-state index contributed by atoms with van der Waals surface area (Å²) in [7, 11) is -3.76. The van der Waals surface area contributed by atoms with Crippen molar-refractivity contribution in [3.05, 3.63) is 42.6 Å². The van der Waals surface area contributed by atoms with Gasteiger partial charge in [-0.15, -0.1) is 0 Å². The largest absolute Gasteiger partial charge is 0.387 e. The number of hydrogen-bond donors (Lipinski definition) is 0. The van der Waals surface area contributed by atoms with Crippen LogP contribution in [0.1, 0.15) is 33.1 Å². The number of carbonyl (C=O) groups is 1. The van der Waals surface area contributed by atoms with E-state index in [0.717, 1.165) is 12.8 Å². The van der Waals surface area contributed by atoms with E-state index in [-0.39, 0.29) is 21.9 Å². The smallest absolute Gasteiger partial charge is 0.223 e. The number of benzene rings is 1. The fourth-order valence-corrected chi connectivity index (χ4v) is 4.95. The van der Waals surface area contributed by atoms with E-state index < -0.39 is 21.9 Å². The van der Waals surface area contributed by atoms with Crippen molar-refractivity contribution in [1.29, 1.82) is 0 Å². The summed E-state index contributed by atoms with van der Waals surface area (Å²) in [5.41, 5.74) is 0. The lowest BCUT2D eigenvalue weighted by molar-refractivity contribution is -0.129. The highest BCUT2D eigenvalue weighted by atomic mass is 32.2. The molecule has 0 saturated heterocycles. The molecule has 7 heteroatoms. The molecule has 0 fully saturated rings. The molecule has 25 heavy (non-hydrogen) atoms. The van der Waals surface area contributed by atoms with Gasteiger partial charge in [-0.1, -0.05) is 43.1 Å². The summed E-state index contributed by atoms with van der Waals surface area (Å²) in [5, 5.41) is 3.93. The van der Waals surface area contributed by atoms with Crippen LogP contribution in [0.5, 0.6) is 0 Å². The zero-order valence-electron chi connectivity index (χ0n) is 14.3. The summed E-state index contributed by atoms with van der Waals surface area (Å²) in [5.74, 6) is -0.593. The number of fused-ring (bicyclic) bond motifs is 1. The molecule has 0 N–H and O–H groups in total. The van der Waals surface area contributed by atoms with Gasteiger partial charge in [0, 0.05) is 19.2 Å². The molecule has 2 aliphatic rings. The van der Waals surface area contributed by atoms with Gasteiger partial charge >= 0.3 is 0 Å². The van der Waals surface area contributed by atoms with Crippen LogP contribution in [0.3, 0.4) is 0 Å². The second-order valence-corrected chi connectivity index (χ2v) is 8.22. The van der Waals surface area contributed by atoms with E-state index in [0.29, 0.717) is 6.42 Å². The monoisotopic (exact) mass is 362 g/mol. The predicted octanol–water partition coefficient (Wildman–Crippen LogP) is 2.72. The highest BCUT2D eigenvalue weighted by Gasteiger charge is 2.49. The van der Waals surface area contributed by atoms with Crippen molar-refractivity contribution < 1.29 is 18.0 Å². The van der Waals surface area contributed by atoms with Gasteiger partial charge in [-0.25, -0.2) is 8.42 Å². The third kappa shape index (κ3) is 3.20. The van der Waals surface area contributed by atoms with Crippen molar-refractivity contribution in [1.82, 2.24) is 4.90 Å². The number of rotatable bonds is 4. The van der Waals surface area contributed by atoms with Gasteiger partial charge in [0.1, 0.15) is 0 Å². The second-order valence-electron chi connectivity index (χ2n) is 6.32. The van der Waals surface area contributed by atoms with E-state index in [9.17, 15) is 13.2 Å². The molecule has 0 bridgehead atoms. The average Bonchev–Trinajstić information content (AvgIpc) is 3.05. The number of hydrogen-bond acceptors (Lipinski definition) is 5. The van der Waals surface area contributed by atoms with Gasteiger partial charge in [-0.05, 0) is 24.6 Å². The Balaban J connectivity index is 2.00. The summed E-state index contributed by atoms with van der Waals surface area (Å²) in [4.78, 5) is 19.2. The number of oxime groups is 1. The van der Waals surface area contributed by atoms with Gasteiger partial charge in [0.15, 0.2) is 11.1 Å². The highest BCUT2D eigenvalue weighted by molar-refractivity contribution is 8.06. The molecule has 0 radical (unpaired) electrons. The molecule has 6 nitrogen and oxygen atoms in total. The van der Waals surface area contributed by atoms with Gasteiger partial charge in [0.2, 0.25) is 15.7 Å². The number of amides is 1. The highest BCUT2D eigenvalue weighted by Crippen LogP contribution is 2.36. The summed E-state index contributed by atoms with van der Waals surface area (Å²) < 4.78 is 26.1. The van der Waals surface area contributed by atoms with E-state index in [1.54, 1.807) is 47.5 Å². The summed E-state index contributed by atoms with van der Waals surface area (Å²) in [6, 6.07) is 7.95. The van der Waals surface area contributed by atoms with Crippen molar-refractivity contribution in [2.75, 3.05) is 0 Å². The van der Waals surface area contributed by atoms with Crippen molar-refractivity contribution in [3.63, 3.8) is 0 Å². The molecule has 2 aliphatic heterocycles. The van der Waals surface area contributed by atoms with Crippen LogP contribution in [0.4, 0.5) is 0 Å². The minimum atomic E-state index is -3.76. The first kappa shape index (κ1) is 17.7. The summed E-state index contributed by atoms with van der Waals surface area (Å²) in [6.45, 7) is 3.55. The van der Waals surface area contributed by atoms with Crippen LogP contribution in [0.25, 0.3) is 0 Å². The number of carbonyl (C=O) groups excluding carboxylic acids is 1. The van der Waals surface area contributed by atoms with Crippen molar-refractivity contribution in [3.8, 4) is 0 Å². The Labute approximate surface area is 148 Å². The molecule has 1 aromatic carbocycles. The van der Waals surface area contributed by atoms with Crippen LogP contribution in [0, 0.1) is 5.92 Å². The normalized spacial score (nSPS) is 25.3. The van der Waals surface area contributed by atoms with E-state index in [2.05, 4.69) is 12.1 Å². The van der Waals surface area contributed by atoms with Crippen LogP contribution in [0.2, 0.25) is 0 Å². The van der Waals surface area contributed by atoms with Gasteiger partial charge in [-0.3, -0.25) is 4.79 Å². The standard InChI is InChI=1S/C18H22N2O4S/c1-3-4-10-15-17-16(11-12-20(15)13(2)21)24-19-18(17)25(22,23)14-8-6-5-7-9-14/h5-9,11-12,15-17H,3-4,10H2,1-2H3/t15-,16-,17-/m1/s1. The van der Waals surface area contributed by atoms with Crippen molar-refractivity contribution in [2.24, 2.45) is 11.1 Å². The van der Waals surface area contributed by atoms with E-state index >= 15 is 0 Å². The second kappa shape index (κ2) is 7.00. The van der Waals surface area contributed by atoms with E-state index in [1.807, 2.05) is 0 Å². The van der Waals surface area contributed by atoms with Crippen LogP contribution < -0.4 is 0 Å². The topological polar surface area (TPSA) is 76.0 Å². The zero-order chi connectivity index (χ0) is 18.0. The fourth-order valence-electron chi connectivity index (χ4n) is 3.40. The van der Waals surface area contributed by atoms with Crippen molar-refractivity contribution in [2.45, 2.75) is 50.2 Å². The van der Waals surface area contributed by atoms with E-state index in [4.69, 9.17) is 4.84 Å². The molecular formula is C18H22N2O4S.